The van der Waals surface area contributed by atoms with Crippen LogP contribution in [0.15, 0.2) is 0 Å². The first kappa shape index (κ1) is 12.9. The second-order valence-corrected chi connectivity index (χ2v) is 6.05. The number of carbonyl (C=O) groups excluding carboxylic acids is 1. The lowest BCUT2D eigenvalue weighted by atomic mass is 10.1. The molecule has 3 aliphatic rings. The molecule has 0 aromatic carbocycles. The molecule has 3 fully saturated rings. The fourth-order valence-corrected chi connectivity index (χ4v) is 3.29. The summed E-state index contributed by atoms with van der Waals surface area (Å²) in [5.41, 5.74) is 0. The Kier molecular flexibility index (Phi) is 3.48. The van der Waals surface area contributed by atoms with Crippen molar-refractivity contribution in [3.63, 3.8) is 0 Å². The fraction of sp³-hybridized carbons (Fsp3) is 0.857. The third-order valence-corrected chi connectivity index (χ3v) is 4.60. The zero-order valence-electron chi connectivity index (χ0n) is 11.1. The van der Waals surface area contributed by atoms with Crippen molar-refractivity contribution in [2.45, 2.75) is 38.1 Å². The first-order valence-electron chi connectivity index (χ1n) is 7.27. The topological polar surface area (TPSA) is 66.8 Å². The molecule has 19 heavy (non-hydrogen) atoms. The van der Waals surface area contributed by atoms with Crippen LogP contribution in [-0.4, -0.2) is 47.7 Å². The fourth-order valence-electron chi connectivity index (χ4n) is 3.29. The molecule has 2 saturated carbocycles. The standard InChI is InChI=1S/C14H21NO4/c16-13(17)8-15(10-3-5-19-6-4-10)14(18)12-7-11(12)9-1-2-9/h9-12H,1-8H2,(H,16,17)/t11-,12+/m0/s1. The van der Waals surface area contributed by atoms with Gasteiger partial charge in [-0.15, -0.1) is 0 Å². The van der Waals surface area contributed by atoms with Crippen LogP contribution in [0.5, 0.6) is 0 Å². The number of hydrogen-bond acceptors (Lipinski definition) is 3. The summed E-state index contributed by atoms with van der Waals surface area (Å²) in [5.74, 6) is 0.559. The van der Waals surface area contributed by atoms with Gasteiger partial charge < -0.3 is 14.7 Å². The maximum absolute atomic E-state index is 12.5. The van der Waals surface area contributed by atoms with E-state index >= 15 is 0 Å². The number of ether oxygens (including phenoxy) is 1. The van der Waals surface area contributed by atoms with Crippen molar-refractivity contribution in [3.05, 3.63) is 0 Å². The molecule has 5 nitrogen and oxygen atoms in total. The van der Waals surface area contributed by atoms with E-state index in [1.54, 1.807) is 4.90 Å². The molecule has 1 heterocycles. The highest BCUT2D eigenvalue weighted by Gasteiger charge is 2.52. The predicted molar refractivity (Wildman–Crippen MR) is 67.5 cm³/mol. The van der Waals surface area contributed by atoms with E-state index in [-0.39, 0.29) is 24.4 Å². The summed E-state index contributed by atoms with van der Waals surface area (Å²) in [6, 6.07) is 0.0535. The molecule has 0 aromatic heterocycles. The van der Waals surface area contributed by atoms with Crippen LogP contribution in [0.25, 0.3) is 0 Å². The first-order valence-corrected chi connectivity index (χ1v) is 7.27. The van der Waals surface area contributed by atoms with Crippen molar-refractivity contribution in [3.8, 4) is 0 Å². The molecule has 2 aliphatic carbocycles. The molecule has 1 amide bonds. The van der Waals surface area contributed by atoms with E-state index in [1.807, 2.05) is 0 Å². The molecule has 2 atom stereocenters. The molecule has 3 rings (SSSR count). The minimum Gasteiger partial charge on any atom is -0.480 e. The number of amides is 1. The van der Waals surface area contributed by atoms with Crippen LogP contribution in [0.4, 0.5) is 0 Å². The van der Waals surface area contributed by atoms with Gasteiger partial charge in [-0.25, -0.2) is 0 Å². The lowest BCUT2D eigenvalue weighted by Gasteiger charge is -2.33. The van der Waals surface area contributed by atoms with Gasteiger partial charge in [0.05, 0.1) is 0 Å². The van der Waals surface area contributed by atoms with Gasteiger partial charge in [0.15, 0.2) is 0 Å². The summed E-state index contributed by atoms with van der Waals surface area (Å²) in [7, 11) is 0. The third-order valence-electron chi connectivity index (χ3n) is 4.60. The third kappa shape index (κ3) is 2.91. The van der Waals surface area contributed by atoms with Crippen molar-refractivity contribution in [2.24, 2.45) is 17.8 Å². The number of rotatable bonds is 5. The van der Waals surface area contributed by atoms with Crippen molar-refractivity contribution < 1.29 is 19.4 Å². The van der Waals surface area contributed by atoms with E-state index in [0.717, 1.165) is 25.2 Å². The minimum absolute atomic E-state index is 0.0535. The van der Waals surface area contributed by atoms with E-state index in [1.165, 1.54) is 12.8 Å². The quantitative estimate of drug-likeness (QED) is 0.810. The molecule has 1 N–H and O–H groups in total. The Balaban J connectivity index is 1.63. The van der Waals surface area contributed by atoms with E-state index in [9.17, 15) is 9.59 Å². The smallest absolute Gasteiger partial charge is 0.323 e. The Hall–Kier alpha value is -1.10. The minimum atomic E-state index is -0.913. The number of nitrogens with zero attached hydrogens (tertiary/aromatic N) is 1. The van der Waals surface area contributed by atoms with Crippen LogP contribution in [0, 0.1) is 17.8 Å². The molecule has 1 saturated heterocycles. The monoisotopic (exact) mass is 267 g/mol. The van der Waals surface area contributed by atoms with Crippen molar-refractivity contribution >= 4 is 11.9 Å². The Labute approximate surface area is 112 Å². The molecule has 5 heteroatoms. The Morgan fingerprint density at radius 2 is 1.84 bits per heavy atom. The van der Waals surface area contributed by atoms with Crippen molar-refractivity contribution in [1.82, 2.24) is 4.90 Å². The molecular weight excluding hydrogens is 246 g/mol. The number of carboxylic acid groups (broad SMARTS) is 1. The SMILES string of the molecule is O=C(O)CN(C(=O)[C@@H]1C[C@H]1C1CC1)C1CCOCC1. The predicted octanol–water partition coefficient (Wildman–Crippen LogP) is 1.12. The summed E-state index contributed by atoms with van der Waals surface area (Å²) in [4.78, 5) is 25.1. The van der Waals surface area contributed by atoms with Crippen LogP contribution in [0.2, 0.25) is 0 Å². The zero-order chi connectivity index (χ0) is 13.4. The van der Waals surface area contributed by atoms with Gasteiger partial charge >= 0.3 is 5.97 Å². The van der Waals surface area contributed by atoms with Crippen LogP contribution >= 0.6 is 0 Å². The first-order chi connectivity index (χ1) is 9.16. The van der Waals surface area contributed by atoms with Gasteiger partial charge in [-0.05, 0) is 43.9 Å². The molecule has 0 spiro atoms. The summed E-state index contributed by atoms with van der Waals surface area (Å²) < 4.78 is 5.29. The van der Waals surface area contributed by atoms with Gasteiger partial charge in [-0.1, -0.05) is 0 Å². The van der Waals surface area contributed by atoms with Gasteiger partial charge in [0.25, 0.3) is 0 Å². The van der Waals surface area contributed by atoms with E-state index in [0.29, 0.717) is 19.1 Å². The molecule has 0 aromatic rings. The molecular formula is C14H21NO4. The molecule has 0 radical (unpaired) electrons. The van der Waals surface area contributed by atoms with Crippen LogP contribution < -0.4 is 0 Å². The number of carbonyl (C=O) groups is 2. The summed E-state index contributed by atoms with van der Waals surface area (Å²) in [6.07, 6.45) is 5.01. The van der Waals surface area contributed by atoms with E-state index < -0.39 is 5.97 Å². The van der Waals surface area contributed by atoms with Gasteiger partial charge in [-0.3, -0.25) is 9.59 Å². The molecule has 1 aliphatic heterocycles. The van der Waals surface area contributed by atoms with Gasteiger partial charge in [0.2, 0.25) is 5.91 Å². The lowest BCUT2D eigenvalue weighted by molar-refractivity contribution is -0.148. The molecule has 106 valence electrons. The summed E-state index contributed by atoms with van der Waals surface area (Å²) >= 11 is 0. The van der Waals surface area contributed by atoms with E-state index in [4.69, 9.17) is 9.84 Å². The Morgan fingerprint density at radius 1 is 1.16 bits per heavy atom. The summed E-state index contributed by atoms with van der Waals surface area (Å²) in [6.45, 7) is 1.10. The van der Waals surface area contributed by atoms with Crippen molar-refractivity contribution in [2.75, 3.05) is 19.8 Å². The average molecular weight is 267 g/mol. The highest BCUT2D eigenvalue weighted by Crippen LogP contribution is 2.55. The molecule has 0 bridgehead atoms. The van der Waals surface area contributed by atoms with Crippen LogP contribution in [0.3, 0.4) is 0 Å². The maximum atomic E-state index is 12.5. The summed E-state index contributed by atoms with van der Waals surface area (Å²) in [5, 5.41) is 9.03. The lowest BCUT2D eigenvalue weighted by Crippen LogP contribution is -2.47. The van der Waals surface area contributed by atoms with Crippen molar-refractivity contribution in [1.29, 1.82) is 0 Å². The maximum Gasteiger partial charge on any atom is 0.323 e. The highest BCUT2D eigenvalue weighted by atomic mass is 16.5. The van der Waals surface area contributed by atoms with Crippen LogP contribution in [0.1, 0.15) is 32.1 Å². The number of hydrogen-bond donors (Lipinski definition) is 1. The second-order valence-electron chi connectivity index (χ2n) is 6.05. The van der Waals surface area contributed by atoms with E-state index in [2.05, 4.69) is 0 Å². The van der Waals surface area contributed by atoms with Gasteiger partial charge in [-0.2, -0.15) is 0 Å². The second kappa shape index (κ2) is 5.12. The highest BCUT2D eigenvalue weighted by molar-refractivity contribution is 5.85. The van der Waals surface area contributed by atoms with Crippen LogP contribution in [-0.2, 0) is 14.3 Å². The zero-order valence-corrected chi connectivity index (χ0v) is 11.1. The average Bonchev–Trinajstić information content (AvgIpc) is 3.27. The van der Waals surface area contributed by atoms with Gasteiger partial charge in [0.1, 0.15) is 6.54 Å². The number of carboxylic acids is 1. The normalized spacial score (nSPS) is 30.9. The number of aliphatic carboxylic acids is 1. The Bertz CT molecular complexity index is 374. The Morgan fingerprint density at radius 3 is 2.42 bits per heavy atom. The largest absolute Gasteiger partial charge is 0.480 e. The molecule has 0 unspecified atom stereocenters. The van der Waals surface area contributed by atoms with Gasteiger partial charge in [0, 0.05) is 25.2 Å².